The lowest BCUT2D eigenvalue weighted by molar-refractivity contribution is 0.352. The lowest BCUT2D eigenvalue weighted by Crippen LogP contribution is -2.26. The molecule has 0 spiro atoms. The molecule has 1 aliphatic rings. The van der Waals surface area contributed by atoms with Crippen LogP contribution in [0, 0.1) is 0 Å². The zero-order valence-corrected chi connectivity index (χ0v) is 13.2. The predicted molar refractivity (Wildman–Crippen MR) is 87.7 cm³/mol. The van der Waals surface area contributed by atoms with Gasteiger partial charge in [0, 0.05) is 30.4 Å². The molecule has 4 nitrogen and oxygen atoms in total. The molecule has 0 radical (unpaired) electrons. The smallest absolute Gasteiger partial charge is 0.148 e. The van der Waals surface area contributed by atoms with E-state index in [1.807, 2.05) is 24.4 Å². The Kier molecular flexibility index (Phi) is 4.68. The third kappa shape index (κ3) is 3.70. The molecule has 1 N–H and O–H groups in total. The van der Waals surface area contributed by atoms with E-state index in [0.717, 1.165) is 24.6 Å². The Labute approximate surface area is 134 Å². The quantitative estimate of drug-likeness (QED) is 0.910. The highest BCUT2D eigenvalue weighted by atomic mass is 35.5. The number of hydrogen-bond acceptors (Lipinski definition) is 3. The average Bonchev–Trinajstić information content (AvgIpc) is 3.10. The van der Waals surface area contributed by atoms with Crippen molar-refractivity contribution in [1.29, 1.82) is 0 Å². The highest BCUT2D eigenvalue weighted by Crippen LogP contribution is 2.24. The molecule has 112 valence electrons. The minimum atomic E-state index is 0.592. The Morgan fingerprint density at radius 3 is 2.71 bits per heavy atom. The number of anilines is 1. The maximum Gasteiger partial charge on any atom is 0.148 e. The summed E-state index contributed by atoms with van der Waals surface area (Å²) in [5.41, 5.74) is 0.827. The van der Waals surface area contributed by atoms with Crippen LogP contribution in [0.1, 0.15) is 12.8 Å². The van der Waals surface area contributed by atoms with E-state index in [4.69, 9.17) is 23.2 Å². The first-order chi connectivity index (χ1) is 10.2. The standard InChI is InChI=1S/C15H18Cl2N4/c16-12-3-4-14(13(17)11-12)21-9-5-15(19-21)18-6-10-20-7-1-2-8-20/h3-5,9,11H,1-2,6-8,10H2,(H,18,19). The van der Waals surface area contributed by atoms with Gasteiger partial charge in [0.2, 0.25) is 0 Å². The molecule has 0 bridgehead atoms. The molecule has 1 aromatic carbocycles. The van der Waals surface area contributed by atoms with Gasteiger partial charge in [0.1, 0.15) is 5.82 Å². The van der Waals surface area contributed by atoms with Gasteiger partial charge in [-0.3, -0.25) is 0 Å². The van der Waals surface area contributed by atoms with E-state index in [-0.39, 0.29) is 0 Å². The van der Waals surface area contributed by atoms with E-state index >= 15 is 0 Å². The maximum absolute atomic E-state index is 6.19. The summed E-state index contributed by atoms with van der Waals surface area (Å²) in [7, 11) is 0. The van der Waals surface area contributed by atoms with Crippen LogP contribution in [-0.4, -0.2) is 40.9 Å². The fraction of sp³-hybridized carbons (Fsp3) is 0.400. The van der Waals surface area contributed by atoms with Gasteiger partial charge in [0.05, 0.1) is 10.7 Å². The largest absolute Gasteiger partial charge is 0.367 e. The maximum atomic E-state index is 6.19. The van der Waals surface area contributed by atoms with Gasteiger partial charge in [-0.05, 0) is 44.1 Å². The molecule has 2 aromatic rings. The van der Waals surface area contributed by atoms with Gasteiger partial charge >= 0.3 is 0 Å². The van der Waals surface area contributed by atoms with Crippen molar-refractivity contribution in [3.8, 4) is 5.69 Å². The zero-order valence-electron chi connectivity index (χ0n) is 11.7. The first-order valence-electron chi connectivity index (χ1n) is 7.20. The average molecular weight is 325 g/mol. The summed E-state index contributed by atoms with van der Waals surface area (Å²) in [5, 5.41) is 9.06. The predicted octanol–water partition coefficient (Wildman–Crippen LogP) is 3.69. The fourth-order valence-electron chi connectivity index (χ4n) is 2.57. The van der Waals surface area contributed by atoms with Gasteiger partial charge in [0.25, 0.3) is 0 Å². The molecule has 0 unspecified atom stereocenters. The SMILES string of the molecule is Clc1ccc(-n2ccc(NCCN3CCCC3)n2)c(Cl)c1. The molecule has 1 aromatic heterocycles. The Balaban J connectivity index is 1.60. The van der Waals surface area contributed by atoms with Crippen LogP contribution in [0.3, 0.4) is 0 Å². The third-order valence-corrected chi connectivity index (χ3v) is 4.22. The molecule has 6 heteroatoms. The van der Waals surface area contributed by atoms with Crippen LogP contribution in [0.5, 0.6) is 0 Å². The van der Waals surface area contributed by atoms with Crippen LogP contribution in [0.4, 0.5) is 5.82 Å². The summed E-state index contributed by atoms with van der Waals surface area (Å²) >= 11 is 12.1. The van der Waals surface area contributed by atoms with E-state index in [2.05, 4.69) is 15.3 Å². The number of nitrogens with zero attached hydrogens (tertiary/aromatic N) is 3. The monoisotopic (exact) mass is 324 g/mol. The summed E-state index contributed by atoms with van der Waals surface area (Å²) in [6.07, 6.45) is 4.54. The van der Waals surface area contributed by atoms with Crippen LogP contribution in [0.2, 0.25) is 10.0 Å². The van der Waals surface area contributed by atoms with Crippen molar-refractivity contribution in [2.24, 2.45) is 0 Å². The topological polar surface area (TPSA) is 33.1 Å². The Morgan fingerprint density at radius 2 is 1.95 bits per heavy atom. The van der Waals surface area contributed by atoms with Crippen molar-refractivity contribution < 1.29 is 0 Å². The summed E-state index contributed by atoms with van der Waals surface area (Å²) in [6, 6.07) is 7.35. The molecule has 0 amide bonds. The molecule has 1 fully saturated rings. The number of likely N-dealkylation sites (tertiary alicyclic amines) is 1. The highest BCUT2D eigenvalue weighted by Gasteiger charge is 2.11. The number of nitrogens with one attached hydrogen (secondary N) is 1. The summed E-state index contributed by atoms with van der Waals surface area (Å²) in [5.74, 6) is 0.861. The molecular weight excluding hydrogens is 307 g/mol. The van der Waals surface area contributed by atoms with Gasteiger partial charge in [0.15, 0.2) is 0 Å². The van der Waals surface area contributed by atoms with E-state index in [1.54, 1.807) is 10.7 Å². The molecule has 1 aliphatic heterocycles. The van der Waals surface area contributed by atoms with Crippen molar-refractivity contribution in [2.75, 3.05) is 31.5 Å². The van der Waals surface area contributed by atoms with Gasteiger partial charge in [-0.15, -0.1) is 0 Å². The first kappa shape index (κ1) is 14.7. The summed E-state index contributed by atoms with van der Waals surface area (Å²) in [6.45, 7) is 4.41. The first-order valence-corrected chi connectivity index (χ1v) is 7.95. The van der Waals surface area contributed by atoms with Crippen LogP contribution >= 0.6 is 23.2 Å². The number of halogens is 2. The third-order valence-electron chi connectivity index (χ3n) is 3.68. The molecule has 0 atom stereocenters. The number of hydrogen-bond donors (Lipinski definition) is 1. The van der Waals surface area contributed by atoms with Crippen molar-refractivity contribution in [2.45, 2.75) is 12.8 Å². The van der Waals surface area contributed by atoms with Gasteiger partial charge in [-0.1, -0.05) is 23.2 Å². The van der Waals surface area contributed by atoms with E-state index in [0.29, 0.717) is 10.0 Å². The van der Waals surface area contributed by atoms with Crippen molar-refractivity contribution in [1.82, 2.24) is 14.7 Å². The summed E-state index contributed by atoms with van der Waals surface area (Å²) in [4.78, 5) is 2.47. The number of benzene rings is 1. The summed E-state index contributed by atoms with van der Waals surface area (Å²) < 4.78 is 1.76. The van der Waals surface area contributed by atoms with Gasteiger partial charge < -0.3 is 10.2 Å². The van der Waals surface area contributed by atoms with Crippen LogP contribution in [-0.2, 0) is 0 Å². The van der Waals surface area contributed by atoms with E-state index in [1.165, 1.54) is 25.9 Å². The number of aromatic nitrogens is 2. The normalized spacial score (nSPS) is 15.5. The molecule has 0 aliphatic carbocycles. The lowest BCUT2D eigenvalue weighted by Gasteiger charge is -2.14. The second kappa shape index (κ2) is 6.69. The zero-order chi connectivity index (χ0) is 14.7. The molecule has 1 saturated heterocycles. The molecule has 21 heavy (non-hydrogen) atoms. The van der Waals surface area contributed by atoms with Gasteiger partial charge in [-0.25, -0.2) is 4.68 Å². The Morgan fingerprint density at radius 1 is 1.14 bits per heavy atom. The lowest BCUT2D eigenvalue weighted by atomic mass is 10.3. The molecule has 3 rings (SSSR count). The minimum Gasteiger partial charge on any atom is -0.367 e. The Hall–Kier alpha value is -1.23. The fourth-order valence-corrected chi connectivity index (χ4v) is 3.06. The Bertz CT molecular complexity index is 605. The van der Waals surface area contributed by atoms with Crippen LogP contribution in [0.15, 0.2) is 30.5 Å². The number of rotatable bonds is 5. The van der Waals surface area contributed by atoms with Crippen molar-refractivity contribution >= 4 is 29.0 Å². The van der Waals surface area contributed by atoms with Crippen molar-refractivity contribution in [3.05, 3.63) is 40.5 Å². The molecule has 2 heterocycles. The van der Waals surface area contributed by atoms with E-state index in [9.17, 15) is 0 Å². The molecule has 0 saturated carbocycles. The second-order valence-electron chi connectivity index (χ2n) is 5.22. The van der Waals surface area contributed by atoms with Gasteiger partial charge in [-0.2, -0.15) is 5.10 Å². The van der Waals surface area contributed by atoms with Crippen LogP contribution in [0.25, 0.3) is 5.69 Å². The highest BCUT2D eigenvalue weighted by molar-refractivity contribution is 6.35. The van der Waals surface area contributed by atoms with Crippen molar-refractivity contribution in [3.63, 3.8) is 0 Å². The minimum absolute atomic E-state index is 0.592. The second-order valence-corrected chi connectivity index (χ2v) is 6.06. The molecular formula is C15H18Cl2N4. The van der Waals surface area contributed by atoms with E-state index < -0.39 is 0 Å². The van der Waals surface area contributed by atoms with Crippen LogP contribution < -0.4 is 5.32 Å².